The smallest absolute Gasteiger partial charge is 0.279 e. The molecule has 0 aromatic rings. The Kier molecular flexibility index (Phi) is 7.89. The summed E-state index contributed by atoms with van der Waals surface area (Å²) in [5, 5.41) is 8.74. The minimum Gasteiger partial charge on any atom is -0.395 e. The van der Waals surface area contributed by atoms with Gasteiger partial charge in [-0.15, -0.1) is 0 Å². The lowest BCUT2D eigenvalue weighted by molar-refractivity contribution is 0.203. The third-order valence-electron chi connectivity index (χ3n) is 1.75. The molecule has 0 heterocycles. The van der Waals surface area contributed by atoms with Crippen molar-refractivity contribution in [2.24, 2.45) is 0 Å². The second-order valence-corrected chi connectivity index (χ2v) is 4.77. The number of hydrogen-bond donors (Lipinski definition) is 2. The van der Waals surface area contributed by atoms with E-state index in [4.69, 9.17) is 9.84 Å². The molecule has 2 N–H and O–H groups in total. The average molecular weight is 240 g/mol. The van der Waals surface area contributed by atoms with Gasteiger partial charge in [0.2, 0.25) is 0 Å². The van der Waals surface area contributed by atoms with Crippen molar-refractivity contribution in [2.45, 2.75) is 13.3 Å². The van der Waals surface area contributed by atoms with Crippen LogP contribution in [0.5, 0.6) is 0 Å². The molecule has 0 atom stereocenters. The largest absolute Gasteiger partial charge is 0.395 e. The SMILES string of the molecule is CCCN(CCO)S(=O)(=O)NCCOC. The Morgan fingerprint density at radius 2 is 2.07 bits per heavy atom. The van der Waals surface area contributed by atoms with Crippen LogP contribution in [0.25, 0.3) is 0 Å². The van der Waals surface area contributed by atoms with E-state index in [-0.39, 0.29) is 19.7 Å². The highest BCUT2D eigenvalue weighted by Gasteiger charge is 2.19. The van der Waals surface area contributed by atoms with Crippen molar-refractivity contribution in [1.82, 2.24) is 9.03 Å². The van der Waals surface area contributed by atoms with Gasteiger partial charge < -0.3 is 9.84 Å². The molecule has 0 aromatic heterocycles. The van der Waals surface area contributed by atoms with Crippen LogP contribution in [0.2, 0.25) is 0 Å². The number of nitrogens with one attached hydrogen (secondary N) is 1. The third-order valence-corrected chi connectivity index (χ3v) is 3.37. The molecular weight excluding hydrogens is 220 g/mol. The molecule has 7 heteroatoms. The van der Waals surface area contributed by atoms with Gasteiger partial charge in [-0.2, -0.15) is 17.4 Å². The molecule has 0 saturated carbocycles. The minimum atomic E-state index is -3.48. The zero-order valence-electron chi connectivity index (χ0n) is 9.27. The molecule has 0 radical (unpaired) electrons. The van der Waals surface area contributed by atoms with Gasteiger partial charge in [0.25, 0.3) is 10.2 Å². The molecule has 0 bridgehead atoms. The Bertz CT molecular complexity index is 237. The summed E-state index contributed by atoms with van der Waals surface area (Å²) in [7, 11) is -1.97. The second kappa shape index (κ2) is 8.00. The Balaban J connectivity index is 4.22. The number of ether oxygens (including phenoxy) is 1. The molecule has 0 aromatic carbocycles. The summed E-state index contributed by atoms with van der Waals surface area (Å²) < 4.78 is 31.6. The standard InChI is InChI=1S/C8H20N2O4S/c1-3-5-10(6-7-11)15(12,13)9-4-8-14-2/h9,11H,3-8H2,1-2H3. The first-order chi connectivity index (χ1) is 7.08. The van der Waals surface area contributed by atoms with Crippen molar-refractivity contribution in [1.29, 1.82) is 0 Å². The molecule has 0 fully saturated rings. The van der Waals surface area contributed by atoms with Gasteiger partial charge in [-0.25, -0.2) is 0 Å². The van der Waals surface area contributed by atoms with Crippen LogP contribution in [0.4, 0.5) is 0 Å². The zero-order valence-corrected chi connectivity index (χ0v) is 10.1. The fourth-order valence-electron chi connectivity index (χ4n) is 1.08. The number of aliphatic hydroxyl groups is 1. The topological polar surface area (TPSA) is 78.9 Å². The van der Waals surface area contributed by atoms with E-state index in [0.717, 1.165) is 0 Å². The maximum Gasteiger partial charge on any atom is 0.279 e. The van der Waals surface area contributed by atoms with Crippen molar-refractivity contribution in [3.8, 4) is 0 Å². The first-order valence-corrected chi connectivity index (χ1v) is 6.37. The average Bonchev–Trinajstić information content (AvgIpc) is 2.18. The van der Waals surface area contributed by atoms with E-state index in [1.165, 1.54) is 11.4 Å². The van der Waals surface area contributed by atoms with Crippen LogP contribution < -0.4 is 4.72 Å². The fraction of sp³-hybridized carbons (Fsp3) is 1.00. The number of nitrogens with zero attached hydrogens (tertiary/aromatic N) is 1. The predicted octanol–water partition coefficient (Wildman–Crippen LogP) is -0.828. The summed E-state index contributed by atoms with van der Waals surface area (Å²) in [6.45, 7) is 2.81. The normalized spacial score (nSPS) is 12.3. The minimum absolute atomic E-state index is 0.121. The van der Waals surface area contributed by atoms with Crippen molar-refractivity contribution in [3.63, 3.8) is 0 Å². The van der Waals surface area contributed by atoms with Gasteiger partial charge in [0.05, 0.1) is 13.2 Å². The van der Waals surface area contributed by atoms with Crippen LogP contribution in [0.15, 0.2) is 0 Å². The van der Waals surface area contributed by atoms with Crippen LogP contribution in [0.1, 0.15) is 13.3 Å². The molecule has 0 saturated heterocycles. The van der Waals surface area contributed by atoms with Crippen molar-refractivity contribution in [2.75, 3.05) is 40.0 Å². The molecule has 0 spiro atoms. The summed E-state index contributed by atoms with van der Waals surface area (Å²) in [5.74, 6) is 0. The molecule has 6 nitrogen and oxygen atoms in total. The number of aliphatic hydroxyl groups excluding tert-OH is 1. The highest BCUT2D eigenvalue weighted by molar-refractivity contribution is 7.87. The maximum atomic E-state index is 11.6. The predicted molar refractivity (Wildman–Crippen MR) is 57.7 cm³/mol. The maximum absolute atomic E-state index is 11.6. The van der Waals surface area contributed by atoms with Gasteiger partial charge in [-0.05, 0) is 6.42 Å². The summed E-state index contributed by atoms with van der Waals surface area (Å²) >= 11 is 0. The summed E-state index contributed by atoms with van der Waals surface area (Å²) in [6, 6.07) is 0. The lowest BCUT2D eigenvalue weighted by Crippen LogP contribution is -2.43. The zero-order chi connectivity index (χ0) is 11.7. The highest BCUT2D eigenvalue weighted by Crippen LogP contribution is 1.98. The second-order valence-electron chi connectivity index (χ2n) is 3.01. The Labute approximate surface area is 91.4 Å². The number of rotatable bonds is 9. The van der Waals surface area contributed by atoms with E-state index in [1.54, 1.807) is 0 Å². The number of hydrogen-bond acceptors (Lipinski definition) is 4. The van der Waals surface area contributed by atoms with E-state index in [1.807, 2.05) is 6.92 Å². The number of methoxy groups -OCH3 is 1. The molecule has 0 unspecified atom stereocenters. The van der Waals surface area contributed by atoms with Gasteiger partial charge >= 0.3 is 0 Å². The molecule has 0 aliphatic heterocycles. The summed E-state index contributed by atoms with van der Waals surface area (Å²) in [4.78, 5) is 0. The van der Waals surface area contributed by atoms with Crippen LogP contribution >= 0.6 is 0 Å². The molecular formula is C8H20N2O4S. The third kappa shape index (κ3) is 6.06. The molecule has 0 amide bonds. The van der Waals surface area contributed by atoms with Crippen molar-refractivity contribution in [3.05, 3.63) is 0 Å². The quantitative estimate of drug-likeness (QED) is 0.516. The van der Waals surface area contributed by atoms with E-state index in [9.17, 15) is 8.42 Å². The summed E-state index contributed by atoms with van der Waals surface area (Å²) in [5.41, 5.74) is 0. The first-order valence-electron chi connectivity index (χ1n) is 4.93. The van der Waals surface area contributed by atoms with Gasteiger partial charge in [-0.1, -0.05) is 6.92 Å². The summed E-state index contributed by atoms with van der Waals surface area (Å²) in [6.07, 6.45) is 0.713. The van der Waals surface area contributed by atoms with Gasteiger partial charge in [0.15, 0.2) is 0 Å². The molecule has 92 valence electrons. The first kappa shape index (κ1) is 14.8. The molecule has 0 aliphatic carbocycles. The Hall–Kier alpha value is -0.210. The van der Waals surface area contributed by atoms with Crippen LogP contribution in [0.3, 0.4) is 0 Å². The van der Waals surface area contributed by atoms with E-state index in [2.05, 4.69) is 4.72 Å². The van der Waals surface area contributed by atoms with E-state index >= 15 is 0 Å². The highest BCUT2D eigenvalue weighted by atomic mass is 32.2. The lowest BCUT2D eigenvalue weighted by atomic mass is 10.5. The fourth-order valence-corrected chi connectivity index (χ4v) is 2.35. The van der Waals surface area contributed by atoms with Gasteiger partial charge in [-0.3, -0.25) is 0 Å². The van der Waals surface area contributed by atoms with Crippen LogP contribution in [-0.4, -0.2) is 57.8 Å². The van der Waals surface area contributed by atoms with Gasteiger partial charge in [0.1, 0.15) is 0 Å². The molecule has 0 aliphatic rings. The van der Waals surface area contributed by atoms with E-state index in [0.29, 0.717) is 19.6 Å². The van der Waals surface area contributed by atoms with Crippen LogP contribution in [-0.2, 0) is 14.9 Å². The Morgan fingerprint density at radius 3 is 2.53 bits per heavy atom. The van der Waals surface area contributed by atoms with Crippen molar-refractivity contribution >= 4 is 10.2 Å². The van der Waals surface area contributed by atoms with Crippen LogP contribution in [0, 0.1) is 0 Å². The van der Waals surface area contributed by atoms with E-state index < -0.39 is 10.2 Å². The van der Waals surface area contributed by atoms with Gasteiger partial charge in [0, 0.05) is 26.7 Å². The molecule has 0 rings (SSSR count). The lowest BCUT2D eigenvalue weighted by Gasteiger charge is -2.20. The Morgan fingerprint density at radius 1 is 1.40 bits per heavy atom. The monoisotopic (exact) mass is 240 g/mol. The van der Waals surface area contributed by atoms with Crippen molar-refractivity contribution < 1.29 is 18.3 Å². The molecule has 15 heavy (non-hydrogen) atoms.